The molecular weight excluding hydrogens is 300 g/mol. The summed E-state index contributed by atoms with van der Waals surface area (Å²) in [6, 6.07) is 8.58. The largest absolute Gasteiger partial charge is 0.387 e. The van der Waals surface area contributed by atoms with Crippen molar-refractivity contribution < 1.29 is 5.11 Å². The van der Waals surface area contributed by atoms with Crippen LogP contribution in [0, 0.1) is 0 Å². The first kappa shape index (κ1) is 15.8. The average molecular weight is 326 g/mol. The second-order valence-electron chi connectivity index (χ2n) is 7.10. The van der Waals surface area contributed by atoms with Gasteiger partial charge in [-0.3, -0.25) is 14.5 Å². The van der Waals surface area contributed by atoms with E-state index in [-0.39, 0.29) is 12.1 Å². The summed E-state index contributed by atoms with van der Waals surface area (Å²) < 4.78 is 1.87. The summed E-state index contributed by atoms with van der Waals surface area (Å²) in [6.45, 7) is 5.22. The summed E-state index contributed by atoms with van der Waals surface area (Å²) in [5.41, 5.74) is 3.71. The zero-order valence-corrected chi connectivity index (χ0v) is 14.3. The number of fused-ring (bicyclic) bond motifs is 1. The highest BCUT2D eigenvalue weighted by atomic mass is 16.3. The van der Waals surface area contributed by atoms with Gasteiger partial charge in [-0.2, -0.15) is 5.10 Å². The van der Waals surface area contributed by atoms with Crippen molar-refractivity contribution in [1.29, 1.82) is 0 Å². The van der Waals surface area contributed by atoms with Gasteiger partial charge in [0.2, 0.25) is 0 Å². The number of rotatable bonds is 3. The standard InChI is InChI=1S/C19H26N4O/c1-21-13-15(12-20-21)14-22-7-4-8-23(10-9-22)18-11-16-5-2-3-6-17(16)19(18)24/h2-3,5-6,12-13,18-19,24H,4,7-11,14H2,1H3/t18-,19+/m0/s1. The molecule has 2 aliphatic rings. The lowest BCUT2D eigenvalue weighted by atomic mass is 10.1. The van der Waals surface area contributed by atoms with E-state index < -0.39 is 0 Å². The Kier molecular flexibility index (Phi) is 4.39. The van der Waals surface area contributed by atoms with Gasteiger partial charge in [-0.1, -0.05) is 24.3 Å². The minimum atomic E-state index is -0.342. The van der Waals surface area contributed by atoms with Crippen LogP contribution in [0.4, 0.5) is 0 Å². The van der Waals surface area contributed by atoms with Crippen LogP contribution in [0.5, 0.6) is 0 Å². The topological polar surface area (TPSA) is 44.5 Å². The van der Waals surface area contributed by atoms with Crippen LogP contribution in [-0.2, 0) is 20.0 Å². The molecular formula is C19H26N4O. The minimum absolute atomic E-state index is 0.237. The van der Waals surface area contributed by atoms with Crippen LogP contribution in [0.25, 0.3) is 0 Å². The van der Waals surface area contributed by atoms with E-state index in [2.05, 4.69) is 39.3 Å². The summed E-state index contributed by atoms with van der Waals surface area (Å²) >= 11 is 0. The smallest absolute Gasteiger partial charge is 0.0951 e. The average Bonchev–Trinajstić information content (AvgIpc) is 3.05. The van der Waals surface area contributed by atoms with Crippen molar-refractivity contribution in [2.24, 2.45) is 7.05 Å². The van der Waals surface area contributed by atoms with Gasteiger partial charge < -0.3 is 5.11 Å². The first-order chi connectivity index (χ1) is 11.7. The molecule has 0 bridgehead atoms. The van der Waals surface area contributed by atoms with Gasteiger partial charge in [-0.05, 0) is 37.1 Å². The van der Waals surface area contributed by atoms with E-state index in [1.807, 2.05) is 24.0 Å². The van der Waals surface area contributed by atoms with E-state index in [4.69, 9.17) is 0 Å². The maximum Gasteiger partial charge on any atom is 0.0951 e. The van der Waals surface area contributed by atoms with Gasteiger partial charge in [-0.25, -0.2) is 0 Å². The molecule has 0 radical (unpaired) electrons. The molecule has 0 saturated carbocycles. The van der Waals surface area contributed by atoms with Crippen LogP contribution in [0.15, 0.2) is 36.7 Å². The van der Waals surface area contributed by atoms with Gasteiger partial charge in [0.15, 0.2) is 0 Å². The predicted molar refractivity (Wildman–Crippen MR) is 93.6 cm³/mol. The fourth-order valence-corrected chi connectivity index (χ4v) is 4.17. The Bertz CT molecular complexity index is 698. The van der Waals surface area contributed by atoms with Crippen LogP contribution in [-0.4, -0.2) is 56.9 Å². The molecule has 1 aromatic carbocycles. The lowest BCUT2D eigenvalue weighted by Crippen LogP contribution is -2.40. The predicted octanol–water partition coefficient (Wildman–Crippen LogP) is 1.59. The number of aryl methyl sites for hydroxylation is 1. The summed E-state index contributed by atoms with van der Waals surface area (Å²) in [5.74, 6) is 0. The third-order valence-electron chi connectivity index (χ3n) is 5.42. The van der Waals surface area contributed by atoms with Gasteiger partial charge in [-0.15, -0.1) is 0 Å². The van der Waals surface area contributed by atoms with Gasteiger partial charge >= 0.3 is 0 Å². The molecule has 128 valence electrons. The SMILES string of the molecule is Cn1cc(CN2CCCN([C@H]3Cc4ccccc4[C@H]3O)CC2)cn1. The van der Waals surface area contributed by atoms with Crippen LogP contribution >= 0.6 is 0 Å². The zero-order chi connectivity index (χ0) is 16.5. The van der Waals surface area contributed by atoms with Crippen molar-refractivity contribution in [3.63, 3.8) is 0 Å². The van der Waals surface area contributed by atoms with E-state index in [0.717, 1.165) is 51.1 Å². The Morgan fingerprint density at radius 2 is 2.04 bits per heavy atom. The fourth-order valence-electron chi connectivity index (χ4n) is 4.17. The molecule has 1 aromatic heterocycles. The molecule has 1 aliphatic heterocycles. The van der Waals surface area contributed by atoms with Gasteiger partial charge in [0.25, 0.3) is 0 Å². The minimum Gasteiger partial charge on any atom is -0.387 e. The molecule has 1 fully saturated rings. The number of benzene rings is 1. The molecule has 5 heteroatoms. The monoisotopic (exact) mass is 326 g/mol. The van der Waals surface area contributed by atoms with Crippen molar-refractivity contribution in [3.05, 3.63) is 53.3 Å². The summed E-state index contributed by atoms with van der Waals surface area (Å²) in [4.78, 5) is 5.00. The fraction of sp³-hybridized carbons (Fsp3) is 0.526. The normalized spacial score (nSPS) is 25.6. The summed E-state index contributed by atoms with van der Waals surface area (Å²) in [7, 11) is 1.97. The number of aliphatic hydroxyl groups is 1. The van der Waals surface area contributed by atoms with Crippen LogP contribution < -0.4 is 0 Å². The Morgan fingerprint density at radius 1 is 1.17 bits per heavy atom. The Morgan fingerprint density at radius 3 is 2.83 bits per heavy atom. The van der Waals surface area contributed by atoms with Gasteiger partial charge in [0, 0.05) is 44.5 Å². The molecule has 5 nitrogen and oxygen atoms in total. The first-order valence-corrected chi connectivity index (χ1v) is 8.90. The first-order valence-electron chi connectivity index (χ1n) is 8.90. The van der Waals surface area contributed by atoms with E-state index in [0.29, 0.717) is 0 Å². The van der Waals surface area contributed by atoms with Crippen LogP contribution in [0.2, 0.25) is 0 Å². The molecule has 0 amide bonds. The van der Waals surface area contributed by atoms with Crippen molar-refractivity contribution in [2.45, 2.75) is 31.5 Å². The Balaban J connectivity index is 1.39. The van der Waals surface area contributed by atoms with E-state index in [1.54, 1.807) is 0 Å². The molecule has 4 rings (SSSR count). The number of nitrogens with zero attached hydrogens (tertiary/aromatic N) is 4. The highest BCUT2D eigenvalue weighted by Crippen LogP contribution is 2.34. The molecule has 2 aromatic rings. The molecule has 0 unspecified atom stereocenters. The molecule has 2 heterocycles. The lowest BCUT2D eigenvalue weighted by Gasteiger charge is -2.30. The lowest BCUT2D eigenvalue weighted by molar-refractivity contribution is 0.0625. The zero-order valence-electron chi connectivity index (χ0n) is 14.3. The van der Waals surface area contributed by atoms with E-state index in [9.17, 15) is 5.11 Å². The molecule has 0 spiro atoms. The van der Waals surface area contributed by atoms with Crippen molar-refractivity contribution in [2.75, 3.05) is 26.2 Å². The molecule has 1 saturated heterocycles. The van der Waals surface area contributed by atoms with E-state index in [1.165, 1.54) is 11.1 Å². The summed E-state index contributed by atoms with van der Waals surface area (Å²) in [5, 5.41) is 15.0. The van der Waals surface area contributed by atoms with Gasteiger partial charge in [0.1, 0.15) is 0 Å². The van der Waals surface area contributed by atoms with Crippen molar-refractivity contribution in [3.8, 4) is 0 Å². The van der Waals surface area contributed by atoms with Gasteiger partial charge in [0.05, 0.1) is 12.3 Å². The number of aromatic nitrogens is 2. The number of hydrogen-bond acceptors (Lipinski definition) is 4. The molecule has 2 atom stereocenters. The maximum atomic E-state index is 10.7. The third-order valence-corrected chi connectivity index (χ3v) is 5.42. The number of aliphatic hydroxyl groups excluding tert-OH is 1. The van der Waals surface area contributed by atoms with Crippen molar-refractivity contribution >= 4 is 0 Å². The third kappa shape index (κ3) is 3.11. The molecule has 24 heavy (non-hydrogen) atoms. The maximum absolute atomic E-state index is 10.7. The quantitative estimate of drug-likeness (QED) is 0.930. The Labute approximate surface area is 143 Å². The highest BCUT2D eigenvalue weighted by molar-refractivity contribution is 5.35. The summed E-state index contributed by atoms with van der Waals surface area (Å²) in [6.07, 6.45) is 5.84. The van der Waals surface area contributed by atoms with Crippen molar-refractivity contribution in [1.82, 2.24) is 19.6 Å². The number of hydrogen-bond donors (Lipinski definition) is 1. The highest BCUT2D eigenvalue weighted by Gasteiger charge is 2.35. The second kappa shape index (κ2) is 6.67. The van der Waals surface area contributed by atoms with E-state index >= 15 is 0 Å². The Hall–Kier alpha value is -1.69. The van der Waals surface area contributed by atoms with Crippen LogP contribution in [0.1, 0.15) is 29.2 Å². The second-order valence-corrected chi connectivity index (χ2v) is 7.10. The molecule has 1 aliphatic carbocycles. The van der Waals surface area contributed by atoms with Crippen LogP contribution in [0.3, 0.4) is 0 Å². The molecule has 1 N–H and O–H groups in total.